The van der Waals surface area contributed by atoms with E-state index in [0.29, 0.717) is 0 Å². The van der Waals surface area contributed by atoms with Gasteiger partial charge in [-0.3, -0.25) is 9.88 Å². The minimum atomic E-state index is -0.196. The molecule has 2 heterocycles. The Morgan fingerprint density at radius 1 is 1.07 bits per heavy atom. The smallest absolute Gasteiger partial charge is 0.348 e. The maximum Gasteiger partial charge on any atom is 0.348 e. The Hall–Kier alpha value is -3.06. The van der Waals surface area contributed by atoms with E-state index < -0.39 is 0 Å². The number of hydrogen-bond donors (Lipinski definition) is 1. The number of aromatic nitrogens is 3. The van der Waals surface area contributed by atoms with E-state index >= 15 is 0 Å². The maximum atomic E-state index is 12.4. The number of likely N-dealkylation sites (tertiary alicyclic amines) is 1. The second-order valence-corrected chi connectivity index (χ2v) is 8.04. The number of methoxy groups -OCH3 is 1. The van der Waals surface area contributed by atoms with Crippen molar-refractivity contribution in [3.8, 4) is 11.4 Å². The predicted octanol–water partition coefficient (Wildman–Crippen LogP) is 3.01. The van der Waals surface area contributed by atoms with Crippen molar-refractivity contribution in [1.29, 1.82) is 0 Å². The Kier molecular flexibility index (Phi) is 5.90. The summed E-state index contributed by atoms with van der Waals surface area (Å²) in [5, 5.41) is 4.58. The van der Waals surface area contributed by atoms with E-state index in [4.69, 9.17) is 4.74 Å². The molecule has 1 aliphatic rings. The summed E-state index contributed by atoms with van der Waals surface area (Å²) >= 11 is 0. The van der Waals surface area contributed by atoms with E-state index in [-0.39, 0.29) is 11.6 Å². The minimum absolute atomic E-state index is 0.196. The number of nitrogens with zero attached hydrogens (tertiary/aromatic N) is 4. The Bertz CT molecular complexity index is 1010. The molecule has 1 saturated heterocycles. The number of benzene rings is 2. The lowest BCUT2D eigenvalue weighted by atomic mass is 9.96. The zero-order valence-electron chi connectivity index (χ0n) is 17.8. The average molecular weight is 408 g/mol. The van der Waals surface area contributed by atoms with Crippen molar-refractivity contribution < 1.29 is 4.74 Å². The first-order valence-corrected chi connectivity index (χ1v) is 10.4. The van der Waals surface area contributed by atoms with E-state index in [0.717, 1.165) is 49.7 Å². The summed E-state index contributed by atoms with van der Waals surface area (Å²) in [6.45, 7) is 2.95. The summed E-state index contributed by atoms with van der Waals surface area (Å²) in [6, 6.07) is 16.1. The number of aromatic amines is 1. The molecule has 1 fully saturated rings. The Morgan fingerprint density at radius 3 is 2.33 bits per heavy atom. The normalized spacial score (nSPS) is 15.3. The first-order valence-electron chi connectivity index (χ1n) is 10.4. The van der Waals surface area contributed by atoms with Gasteiger partial charge in [-0.25, -0.2) is 4.79 Å². The zero-order valence-corrected chi connectivity index (χ0v) is 17.8. The van der Waals surface area contributed by atoms with Crippen molar-refractivity contribution in [2.45, 2.75) is 25.3 Å². The minimum Gasteiger partial charge on any atom is -0.497 e. The van der Waals surface area contributed by atoms with Crippen LogP contribution in [0, 0.1) is 0 Å². The largest absolute Gasteiger partial charge is 0.497 e. The second-order valence-electron chi connectivity index (χ2n) is 8.04. The van der Waals surface area contributed by atoms with Gasteiger partial charge >= 0.3 is 5.69 Å². The van der Waals surface area contributed by atoms with Crippen molar-refractivity contribution in [2.24, 2.45) is 0 Å². The molecule has 0 aliphatic carbocycles. The topological polar surface area (TPSA) is 66.4 Å². The van der Waals surface area contributed by atoms with Gasteiger partial charge in [0.2, 0.25) is 0 Å². The van der Waals surface area contributed by atoms with E-state index in [1.165, 1.54) is 15.9 Å². The van der Waals surface area contributed by atoms with Gasteiger partial charge in [0, 0.05) is 32.2 Å². The summed E-state index contributed by atoms with van der Waals surface area (Å²) in [5.74, 6) is 1.82. The molecule has 1 aromatic heterocycles. The molecule has 0 amide bonds. The molecule has 158 valence electrons. The second kappa shape index (κ2) is 8.75. The number of nitrogens with one attached hydrogen (secondary N) is 1. The monoisotopic (exact) mass is 407 g/mol. The lowest BCUT2D eigenvalue weighted by molar-refractivity contribution is 0.201. The number of piperidine rings is 1. The van der Waals surface area contributed by atoms with Crippen LogP contribution in [0.1, 0.15) is 30.1 Å². The van der Waals surface area contributed by atoms with Crippen LogP contribution >= 0.6 is 0 Å². The molecular weight excluding hydrogens is 378 g/mol. The SMILES string of the molecule is COc1ccc(-n2nc(C3CCN(Cc4ccc(N(C)C)cc4)CC3)[nH]c2=O)cc1. The number of anilines is 1. The van der Waals surface area contributed by atoms with Crippen molar-refractivity contribution in [3.05, 3.63) is 70.4 Å². The maximum absolute atomic E-state index is 12.4. The standard InChI is InChI=1S/C23H29N5O2/c1-26(2)19-6-4-17(5-7-19)16-27-14-12-18(13-15-27)22-24-23(29)28(25-22)20-8-10-21(30-3)11-9-20/h4-11,18H,12-16H2,1-3H3,(H,24,25,29). The molecular formula is C23H29N5O2. The van der Waals surface area contributed by atoms with Gasteiger partial charge in [-0.1, -0.05) is 12.1 Å². The summed E-state index contributed by atoms with van der Waals surface area (Å²) in [6.07, 6.45) is 1.98. The molecule has 0 atom stereocenters. The quantitative estimate of drug-likeness (QED) is 0.680. The van der Waals surface area contributed by atoms with Gasteiger partial charge in [0.1, 0.15) is 11.6 Å². The van der Waals surface area contributed by atoms with Gasteiger partial charge in [0.25, 0.3) is 0 Å². The van der Waals surface area contributed by atoms with Gasteiger partial charge in [0.05, 0.1) is 12.8 Å². The first kappa shape index (κ1) is 20.2. The Morgan fingerprint density at radius 2 is 1.73 bits per heavy atom. The third kappa shape index (κ3) is 4.41. The van der Waals surface area contributed by atoms with Crippen LogP contribution in [0.2, 0.25) is 0 Å². The lowest BCUT2D eigenvalue weighted by Crippen LogP contribution is -2.32. The molecule has 7 nitrogen and oxygen atoms in total. The van der Waals surface area contributed by atoms with Crippen molar-refractivity contribution >= 4 is 5.69 Å². The Labute approximate surface area is 176 Å². The van der Waals surface area contributed by atoms with E-state index in [9.17, 15) is 4.79 Å². The molecule has 0 saturated carbocycles. The zero-order chi connectivity index (χ0) is 21.1. The molecule has 0 bridgehead atoms. The summed E-state index contributed by atoms with van der Waals surface area (Å²) in [7, 11) is 5.74. The van der Waals surface area contributed by atoms with Gasteiger partial charge in [-0.15, -0.1) is 5.10 Å². The van der Waals surface area contributed by atoms with Gasteiger partial charge in [0.15, 0.2) is 0 Å². The highest BCUT2D eigenvalue weighted by Crippen LogP contribution is 2.26. The fourth-order valence-corrected chi connectivity index (χ4v) is 3.94. The van der Waals surface area contributed by atoms with Crippen molar-refractivity contribution in [3.63, 3.8) is 0 Å². The van der Waals surface area contributed by atoms with Crippen molar-refractivity contribution in [2.75, 3.05) is 39.2 Å². The fourth-order valence-electron chi connectivity index (χ4n) is 3.94. The summed E-state index contributed by atoms with van der Waals surface area (Å²) < 4.78 is 6.62. The number of hydrogen-bond acceptors (Lipinski definition) is 5. The average Bonchev–Trinajstić information content (AvgIpc) is 3.16. The van der Waals surface area contributed by atoms with Crippen LogP contribution in [0.3, 0.4) is 0 Å². The molecule has 7 heteroatoms. The van der Waals surface area contributed by atoms with Crippen LogP contribution < -0.4 is 15.3 Å². The molecule has 1 aliphatic heterocycles. The molecule has 0 radical (unpaired) electrons. The van der Waals surface area contributed by atoms with E-state index in [1.807, 2.05) is 24.3 Å². The molecule has 0 spiro atoms. The highest BCUT2D eigenvalue weighted by atomic mass is 16.5. The molecule has 30 heavy (non-hydrogen) atoms. The van der Waals surface area contributed by atoms with Crippen molar-refractivity contribution in [1.82, 2.24) is 19.7 Å². The van der Waals surface area contributed by atoms with Gasteiger partial charge in [-0.05, 0) is 67.9 Å². The molecule has 2 aromatic carbocycles. The van der Waals surface area contributed by atoms with Crippen LogP contribution in [0.25, 0.3) is 5.69 Å². The predicted molar refractivity (Wildman–Crippen MR) is 119 cm³/mol. The third-order valence-electron chi connectivity index (χ3n) is 5.79. The Balaban J connectivity index is 1.37. The lowest BCUT2D eigenvalue weighted by Gasteiger charge is -2.31. The summed E-state index contributed by atoms with van der Waals surface area (Å²) in [5.41, 5.74) is 3.09. The van der Waals surface area contributed by atoms with Crippen LogP contribution in [0.15, 0.2) is 53.3 Å². The first-order chi connectivity index (χ1) is 14.5. The van der Waals surface area contributed by atoms with Crippen LogP contribution in [0.4, 0.5) is 5.69 Å². The van der Waals surface area contributed by atoms with Crippen LogP contribution in [0.5, 0.6) is 5.75 Å². The van der Waals surface area contributed by atoms with Gasteiger partial charge < -0.3 is 9.64 Å². The van der Waals surface area contributed by atoms with Gasteiger partial charge in [-0.2, -0.15) is 4.68 Å². The molecule has 3 aromatic rings. The van der Waals surface area contributed by atoms with Crippen LogP contribution in [-0.4, -0.2) is 54.0 Å². The van der Waals surface area contributed by atoms with Crippen LogP contribution in [-0.2, 0) is 6.54 Å². The molecule has 1 N–H and O–H groups in total. The highest BCUT2D eigenvalue weighted by Gasteiger charge is 2.24. The summed E-state index contributed by atoms with van der Waals surface area (Å²) in [4.78, 5) is 20.0. The van der Waals surface area contributed by atoms with E-state index in [1.54, 1.807) is 7.11 Å². The van der Waals surface area contributed by atoms with E-state index in [2.05, 4.69) is 58.2 Å². The molecule has 0 unspecified atom stereocenters. The highest BCUT2D eigenvalue weighted by molar-refractivity contribution is 5.46. The fraction of sp³-hybridized carbons (Fsp3) is 0.391. The number of ether oxygens (including phenoxy) is 1. The third-order valence-corrected chi connectivity index (χ3v) is 5.79. The molecule has 4 rings (SSSR count). The number of rotatable bonds is 6. The number of H-pyrrole nitrogens is 1.